The molecule has 2 heterocycles. The standard InChI is InChI=1S/C28H34N2O6/c1-20-6-9-26-23(16-20)19-24(28(32)36-26)18-22(27(31)29-33)8-7-21-4-2-5-25(17-21)35-13-3-10-30-11-14-34-15-12-30/h2,4-6,9,16-17,19,22,33H,3,7-8,10-15,18H2,1H3,(H,29,31). The van der Waals surface area contributed by atoms with Gasteiger partial charge in [0.15, 0.2) is 0 Å². The highest BCUT2D eigenvalue weighted by Gasteiger charge is 2.21. The first kappa shape index (κ1) is 25.9. The maximum absolute atomic E-state index is 12.5. The van der Waals surface area contributed by atoms with Crippen LogP contribution in [0.3, 0.4) is 0 Å². The minimum Gasteiger partial charge on any atom is -0.494 e. The van der Waals surface area contributed by atoms with Gasteiger partial charge in [-0.2, -0.15) is 0 Å². The maximum Gasteiger partial charge on any atom is 0.339 e. The number of hydrogen-bond donors (Lipinski definition) is 2. The van der Waals surface area contributed by atoms with Crippen molar-refractivity contribution < 1.29 is 23.9 Å². The van der Waals surface area contributed by atoms with E-state index in [1.165, 1.54) is 0 Å². The quantitative estimate of drug-likeness (QED) is 0.182. The summed E-state index contributed by atoms with van der Waals surface area (Å²) < 4.78 is 16.8. The van der Waals surface area contributed by atoms with Crippen LogP contribution < -0.4 is 15.8 Å². The van der Waals surface area contributed by atoms with Gasteiger partial charge in [0, 0.05) is 36.5 Å². The molecule has 1 atom stereocenters. The number of fused-ring (bicyclic) bond motifs is 1. The third-order valence-corrected chi connectivity index (χ3v) is 6.58. The van der Waals surface area contributed by atoms with Gasteiger partial charge in [0.1, 0.15) is 11.3 Å². The third kappa shape index (κ3) is 7.16. The second-order valence-electron chi connectivity index (χ2n) is 9.32. The van der Waals surface area contributed by atoms with Gasteiger partial charge in [-0.25, -0.2) is 10.3 Å². The molecule has 1 unspecified atom stereocenters. The van der Waals surface area contributed by atoms with E-state index in [1.54, 1.807) is 17.6 Å². The average Bonchev–Trinajstić information content (AvgIpc) is 2.90. The number of hydrogen-bond acceptors (Lipinski definition) is 7. The summed E-state index contributed by atoms with van der Waals surface area (Å²) >= 11 is 0. The first-order chi connectivity index (χ1) is 17.5. The molecule has 192 valence electrons. The van der Waals surface area contributed by atoms with Gasteiger partial charge >= 0.3 is 5.63 Å². The van der Waals surface area contributed by atoms with Crippen molar-refractivity contribution in [1.29, 1.82) is 0 Å². The molecule has 0 spiro atoms. The van der Waals surface area contributed by atoms with E-state index in [0.29, 0.717) is 30.6 Å². The molecule has 0 saturated carbocycles. The summed E-state index contributed by atoms with van der Waals surface area (Å²) in [6, 6.07) is 15.2. The van der Waals surface area contributed by atoms with E-state index in [2.05, 4.69) is 4.90 Å². The van der Waals surface area contributed by atoms with Crippen LogP contribution in [0, 0.1) is 12.8 Å². The number of carbonyl (C=O) groups excluding carboxylic acids is 1. The number of nitrogens with zero attached hydrogens (tertiary/aromatic N) is 1. The summed E-state index contributed by atoms with van der Waals surface area (Å²) in [5.41, 5.74) is 4.29. The Morgan fingerprint density at radius 2 is 2.00 bits per heavy atom. The van der Waals surface area contributed by atoms with E-state index in [4.69, 9.17) is 13.9 Å². The number of carbonyl (C=O) groups is 1. The molecular formula is C28H34N2O6. The Morgan fingerprint density at radius 1 is 1.17 bits per heavy atom. The Hall–Kier alpha value is -3.20. The summed E-state index contributed by atoms with van der Waals surface area (Å²) in [6.07, 6.45) is 2.17. The molecular weight excluding hydrogens is 460 g/mol. The summed E-state index contributed by atoms with van der Waals surface area (Å²) in [5, 5.41) is 10.1. The van der Waals surface area contributed by atoms with Crippen molar-refractivity contribution in [1.82, 2.24) is 10.4 Å². The minimum absolute atomic E-state index is 0.177. The largest absolute Gasteiger partial charge is 0.494 e. The smallest absolute Gasteiger partial charge is 0.339 e. The first-order valence-corrected chi connectivity index (χ1v) is 12.5. The van der Waals surface area contributed by atoms with Gasteiger partial charge < -0.3 is 13.9 Å². The van der Waals surface area contributed by atoms with Crippen molar-refractivity contribution in [3.05, 3.63) is 75.6 Å². The van der Waals surface area contributed by atoms with Gasteiger partial charge in [0.25, 0.3) is 0 Å². The fraction of sp³-hybridized carbons (Fsp3) is 0.429. The Kier molecular flexibility index (Phi) is 9.11. The number of benzene rings is 2. The molecule has 1 aliphatic rings. The fourth-order valence-electron chi connectivity index (χ4n) is 4.55. The molecule has 2 aromatic carbocycles. The number of ether oxygens (including phenoxy) is 2. The molecule has 1 aliphatic heterocycles. The SMILES string of the molecule is Cc1ccc2oc(=O)c(CC(CCc3cccc(OCCCN4CCOCC4)c3)C(=O)NO)cc2c1. The topological polar surface area (TPSA) is 101 Å². The molecule has 1 amide bonds. The number of morpholine rings is 1. The van der Waals surface area contributed by atoms with E-state index in [9.17, 15) is 14.8 Å². The summed E-state index contributed by atoms with van der Waals surface area (Å²) in [6.45, 7) is 7.12. The van der Waals surface area contributed by atoms with Crippen LogP contribution in [0.2, 0.25) is 0 Å². The Morgan fingerprint density at radius 3 is 2.81 bits per heavy atom. The van der Waals surface area contributed by atoms with Crippen LogP contribution >= 0.6 is 0 Å². The van der Waals surface area contributed by atoms with Gasteiger partial charge in [-0.3, -0.25) is 14.9 Å². The number of rotatable bonds is 11. The van der Waals surface area contributed by atoms with Gasteiger partial charge in [0.2, 0.25) is 5.91 Å². The number of amides is 1. The van der Waals surface area contributed by atoms with Gasteiger partial charge in [-0.1, -0.05) is 23.8 Å². The molecule has 0 bridgehead atoms. The molecule has 0 aliphatic carbocycles. The van der Waals surface area contributed by atoms with Crippen LogP contribution in [0.15, 0.2) is 57.7 Å². The molecule has 4 rings (SSSR count). The highest BCUT2D eigenvalue weighted by molar-refractivity contribution is 5.79. The Balaban J connectivity index is 1.35. The molecule has 1 fully saturated rings. The Bertz CT molecular complexity index is 1220. The van der Waals surface area contributed by atoms with E-state index < -0.39 is 17.5 Å². The normalized spacial score (nSPS) is 15.1. The number of aryl methyl sites for hydroxylation is 2. The molecule has 1 saturated heterocycles. The van der Waals surface area contributed by atoms with Crippen LogP contribution in [-0.2, 0) is 22.4 Å². The summed E-state index contributed by atoms with van der Waals surface area (Å²) in [5.74, 6) is -0.310. The molecule has 36 heavy (non-hydrogen) atoms. The average molecular weight is 495 g/mol. The zero-order valence-electron chi connectivity index (χ0n) is 20.7. The Labute approximate surface area is 210 Å². The zero-order chi connectivity index (χ0) is 25.3. The zero-order valence-corrected chi connectivity index (χ0v) is 20.7. The molecule has 1 aromatic heterocycles. The minimum atomic E-state index is -0.585. The second kappa shape index (κ2) is 12.7. The van der Waals surface area contributed by atoms with Crippen LogP contribution in [0.1, 0.15) is 29.5 Å². The van der Waals surface area contributed by atoms with Crippen LogP contribution in [0.25, 0.3) is 11.0 Å². The van der Waals surface area contributed by atoms with Gasteiger partial charge in [0.05, 0.1) is 19.8 Å². The third-order valence-electron chi connectivity index (χ3n) is 6.58. The van der Waals surface area contributed by atoms with Crippen LogP contribution in [0.5, 0.6) is 5.75 Å². The highest BCUT2D eigenvalue weighted by Crippen LogP contribution is 2.21. The van der Waals surface area contributed by atoms with Crippen molar-refractivity contribution in [3.8, 4) is 5.75 Å². The van der Waals surface area contributed by atoms with Gasteiger partial charge in [-0.05, 0) is 68.5 Å². The van der Waals surface area contributed by atoms with Crippen molar-refractivity contribution in [2.45, 2.75) is 32.6 Å². The lowest BCUT2D eigenvalue weighted by molar-refractivity contribution is -0.133. The number of nitrogens with one attached hydrogen (secondary N) is 1. The molecule has 8 heteroatoms. The predicted octanol–water partition coefficient (Wildman–Crippen LogP) is 3.50. The summed E-state index contributed by atoms with van der Waals surface area (Å²) in [7, 11) is 0. The maximum atomic E-state index is 12.5. The molecule has 3 aromatic rings. The van der Waals surface area contributed by atoms with Crippen LogP contribution in [0.4, 0.5) is 0 Å². The predicted molar refractivity (Wildman–Crippen MR) is 136 cm³/mol. The summed E-state index contributed by atoms with van der Waals surface area (Å²) in [4.78, 5) is 27.3. The lowest BCUT2D eigenvalue weighted by atomic mass is 9.92. The molecule has 2 N–H and O–H groups in total. The lowest BCUT2D eigenvalue weighted by Crippen LogP contribution is -2.37. The highest BCUT2D eigenvalue weighted by atomic mass is 16.5. The molecule has 0 radical (unpaired) electrons. The van der Waals surface area contributed by atoms with Crippen molar-refractivity contribution in [3.63, 3.8) is 0 Å². The van der Waals surface area contributed by atoms with Gasteiger partial charge in [-0.15, -0.1) is 0 Å². The molecule has 8 nitrogen and oxygen atoms in total. The lowest BCUT2D eigenvalue weighted by Gasteiger charge is -2.26. The monoisotopic (exact) mass is 494 g/mol. The van der Waals surface area contributed by atoms with E-state index >= 15 is 0 Å². The van der Waals surface area contributed by atoms with Crippen molar-refractivity contribution >= 4 is 16.9 Å². The van der Waals surface area contributed by atoms with E-state index in [-0.39, 0.29) is 6.42 Å². The van der Waals surface area contributed by atoms with Crippen LogP contribution in [-0.4, -0.2) is 55.5 Å². The van der Waals surface area contributed by atoms with E-state index in [1.807, 2.05) is 43.3 Å². The van der Waals surface area contributed by atoms with E-state index in [0.717, 1.165) is 61.5 Å². The van der Waals surface area contributed by atoms with Crippen molar-refractivity contribution in [2.75, 3.05) is 39.5 Å². The second-order valence-corrected chi connectivity index (χ2v) is 9.32. The van der Waals surface area contributed by atoms with Crippen molar-refractivity contribution in [2.24, 2.45) is 5.92 Å². The number of hydroxylamine groups is 1. The first-order valence-electron chi connectivity index (χ1n) is 12.5. The fourth-order valence-corrected chi connectivity index (χ4v) is 4.55.